The number of hydrogen-bond acceptors (Lipinski definition) is 2. The Morgan fingerprint density at radius 3 is 2.67 bits per heavy atom. The molecule has 0 atom stereocenters. The topological polar surface area (TPSA) is 69.0 Å². The molecule has 0 aromatic heterocycles. The molecule has 0 aromatic carbocycles. The SMILES string of the molecule is [N-]=[N+]=NCC1(O)CCC1. The van der Waals surface area contributed by atoms with Crippen molar-refractivity contribution < 1.29 is 5.11 Å². The van der Waals surface area contributed by atoms with Crippen molar-refractivity contribution in [2.24, 2.45) is 5.11 Å². The summed E-state index contributed by atoms with van der Waals surface area (Å²) in [6.45, 7) is 0.240. The highest BCUT2D eigenvalue weighted by Crippen LogP contribution is 2.31. The molecule has 4 nitrogen and oxygen atoms in total. The quantitative estimate of drug-likeness (QED) is 0.338. The first-order valence-electron chi connectivity index (χ1n) is 3.00. The molecular formula is C5H9N3O. The van der Waals surface area contributed by atoms with Crippen LogP contribution in [0.3, 0.4) is 0 Å². The summed E-state index contributed by atoms with van der Waals surface area (Å²) in [4.78, 5) is 2.57. The average molecular weight is 127 g/mol. The van der Waals surface area contributed by atoms with E-state index < -0.39 is 5.60 Å². The summed E-state index contributed by atoms with van der Waals surface area (Å²) >= 11 is 0. The lowest BCUT2D eigenvalue weighted by Gasteiger charge is -2.34. The van der Waals surface area contributed by atoms with Gasteiger partial charge in [0, 0.05) is 4.91 Å². The number of aliphatic hydroxyl groups is 1. The molecule has 0 bridgehead atoms. The fourth-order valence-corrected chi connectivity index (χ4v) is 0.906. The van der Waals surface area contributed by atoms with Crippen LogP contribution in [0, 0.1) is 0 Å². The van der Waals surface area contributed by atoms with Gasteiger partial charge in [0.1, 0.15) is 0 Å². The zero-order chi connectivity index (χ0) is 6.74. The molecule has 1 fully saturated rings. The van der Waals surface area contributed by atoms with Crippen LogP contribution in [0.2, 0.25) is 0 Å². The van der Waals surface area contributed by atoms with Crippen molar-refractivity contribution in [3.05, 3.63) is 10.4 Å². The Bertz CT molecular complexity index is 146. The normalized spacial score (nSPS) is 21.9. The van der Waals surface area contributed by atoms with E-state index in [2.05, 4.69) is 10.0 Å². The molecule has 1 rings (SSSR count). The Morgan fingerprint density at radius 1 is 1.67 bits per heavy atom. The summed E-state index contributed by atoms with van der Waals surface area (Å²) < 4.78 is 0. The van der Waals surface area contributed by atoms with Crippen molar-refractivity contribution in [3.8, 4) is 0 Å². The molecule has 0 amide bonds. The van der Waals surface area contributed by atoms with Gasteiger partial charge in [0.05, 0.1) is 12.1 Å². The predicted molar refractivity (Wildman–Crippen MR) is 32.8 cm³/mol. The van der Waals surface area contributed by atoms with Gasteiger partial charge in [-0.3, -0.25) is 0 Å². The molecule has 50 valence electrons. The summed E-state index contributed by atoms with van der Waals surface area (Å²) in [6, 6.07) is 0. The van der Waals surface area contributed by atoms with Crippen molar-refractivity contribution in [1.82, 2.24) is 0 Å². The summed E-state index contributed by atoms with van der Waals surface area (Å²) in [5.74, 6) is 0. The van der Waals surface area contributed by atoms with Gasteiger partial charge in [-0.2, -0.15) is 0 Å². The lowest BCUT2D eigenvalue weighted by atomic mass is 9.80. The molecular weight excluding hydrogens is 118 g/mol. The minimum atomic E-state index is -0.647. The van der Waals surface area contributed by atoms with Gasteiger partial charge >= 0.3 is 0 Å². The second kappa shape index (κ2) is 2.25. The fraction of sp³-hybridized carbons (Fsp3) is 1.00. The maximum absolute atomic E-state index is 9.28. The third kappa shape index (κ3) is 1.34. The van der Waals surface area contributed by atoms with E-state index in [0.29, 0.717) is 0 Å². The highest BCUT2D eigenvalue weighted by Gasteiger charge is 2.33. The zero-order valence-corrected chi connectivity index (χ0v) is 5.12. The van der Waals surface area contributed by atoms with Crippen LogP contribution in [0.25, 0.3) is 10.4 Å². The van der Waals surface area contributed by atoms with E-state index in [9.17, 15) is 5.11 Å². The maximum Gasteiger partial charge on any atom is 0.0704 e. The molecule has 0 radical (unpaired) electrons. The molecule has 1 N–H and O–H groups in total. The van der Waals surface area contributed by atoms with Crippen molar-refractivity contribution in [1.29, 1.82) is 0 Å². The molecule has 0 spiro atoms. The van der Waals surface area contributed by atoms with Crippen molar-refractivity contribution >= 4 is 0 Å². The van der Waals surface area contributed by atoms with Crippen LogP contribution in [0.4, 0.5) is 0 Å². The van der Waals surface area contributed by atoms with Crippen LogP contribution in [0.15, 0.2) is 5.11 Å². The molecule has 0 aromatic rings. The van der Waals surface area contributed by atoms with Gasteiger partial charge in [-0.15, -0.1) is 0 Å². The second-order valence-corrected chi connectivity index (χ2v) is 2.47. The number of hydrogen-bond donors (Lipinski definition) is 1. The Hall–Kier alpha value is -0.730. The van der Waals surface area contributed by atoms with Gasteiger partial charge in [-0.25, -0.2) is 0 Å². The van der Waals surface area contributed by atoms with E-state index in [1.165, 1.54) is 0 Å². The Balaban J connectivity index is 2.32. The molecule has 9 heavy (non-hydrogen) atoms. The third-order valence-electron chi connectivity index (χ3n) is 1.71. The molecule has 0 saturated heterocycles. The maximum atomic E-state index is 9.28. The van der Waals surface area contributed by atoms with E-state index in [0.717, 1.165) is 19.3 Å². The first-order chi connectivity index (χ1) is 4.27. The highest BCUT2D eigenvalue weighted by molar-refractivity contribution is 4.89. The third-order valence-corrected chi connectivity index (χ3v) is 1.71. The minimum absolute atomic E-state index is 0.240. The lowest BCUT2D eigenvalue weighted by molar-refractivity contribution is -0.0238. The summed E-state index contributed by atoms with van der Waals surface area (Å²) in [5, 5.41) is 12.6. The van der Waals surface area contributed by atoms with Gasteiger partial charge < -0.3 is 5.11 Å². The standard InChI is InChI=1S/C5H9N3O/c6-8-7-4-5(9)2-1-3-5/h9H,1-4H2. The van der Waals surface area contributed by atoms with Gasteiger partial charge in [-0.1, -0.05) is 5.11 Å². The molecule has 1 aliphatic rings. The zero-order valence-electron chi connectivity index (χ0n) is 5.12. The molecule has 1 aliphatic carbocycles. The fourth-order valence-electron chi connectivity index (χ4n) is 0.906. The first kappa shape index (κ1) is 6.39. The Morgan fingerprint density at radius 2 is 2.33 bits per heavy atom. The molecule has 4 heteroatoms. The lowest BCUT2D eigenvalue weighted by Crippen LogP contribution is -2.39. The monoisotopic (exact) mass is 127 g/mol. The van der Waals surface area contributed by atoms with Gasteiger partial charge in [0.25, 0.3) is 0 Å². The smallest absolute Gasteiger partial charge is 0.0704 e. The van der Waals surface area contributed by atoms with Crippen LogP contribution in [-0.4, -0.2) is 17.3 Å². The Kier molecular flexibility index (Phi) is 1.60. The highest BCUT2D eigenvalue weighted by atomic mass is 16.3. The summed E-state index contributed by atoms with van der Waals surface area (Å²) in [6.07, 6.45) is 2.62. The molecule has 0 heterocycles. The van der Waals surface area contributed by atoms with E-state index >= 15 is 0 Å². The van der Waals surface area contributed by atoms with E-state index in [-0.39, 0.29) is 6.54 Å². The number of nitrogens with zero attached hydrogens (tertiary/aromatic N) is 3. The first-order valence-corrected chi connectivity index (χ1v) is 3.00. The van der Waals surface area contributed by atoms with Crippen LogP contribution in [0.1, 0.15) is 19.3 Å². The largest absolute Gasteiger partial charge is 0.390 e. The molecule has 0 unspecified atom stereocenters. The van der Waals surface area contributed by atoms with Gasteiger partial charge in [0.2, 0.25) is 0 Å². The Labute approximate surface area is 53.1 Å². The van der Waals surface area contributed by atoms with Crippen LogP contribution < -0.4 is 0 Å². The summed E-state index contributed by atoms with van der Waals surface area (Å²) in [5.41, 5.74) is 7.25. The number of azide groups is 1. The summed E-state index contributed by atoms with van der Waals surface area (Å²) in [7, 11) is 0. The van der Waals surface area contributed by atoms with Crippen LogP contribution >= 0.6 is 0 Å². The number of rotatable bonds is 2. The second-order valence-electron chi connectivity index (χ2n) is 2.47. The van der Waals surface area contributed by atoms with E-state index in [1.54, 1.807) is 0 Å². The van der Waals surface area contributed by atoms with Crippen molar-refractivity contribution in [2.75, 3.05) is 6.54 Å². The van der Waals surface area contributed by atoms with Crippen molar-refractivity contribution in [2.45, 2.75) is 24.9 Å². The molecule has 0 aliphatic heterocycles. The van der Waals surface area contributed by atoms with Gasteiger partial charge in [0.15, 0.2) is 0 Å². The predicted octanol–water partition coefficient (Wildman–Crippen LogP) is 1.21. The van der Waals surface area contributed by atoms with Gasteiger partial charge in [-0.05, 0) is 24.8 Å². The van der Waals surface area contributed by atoms with E-state index in [1.807, 2.05) is 0 Å². The van der Waals surface area contributed by atoms with E-state index in [4.69, 9.17) is 5.53 Å². The van der Waals surface area contributed by atoms with Crippen molar-refractivity contribution in [3.63, 3.8) is 0 Å². The minimum Gasteiger partial charge on any atom is -0.390 e. The average Bonchev–Trinajstić information content (AvgIpc) is 1.79. The molecule has 1 saturated carbocycles. The van der Waals surface area contributed by atoms with Crippen LogP contribution in [0.5, 0.6) is 0 Å². The van der Waals surface area contributed by atoms with Crippen LogP contribution in [-0.2, 0) is 0 Å².